The molecule has 5 aromatic rings. The number of hydrogen-bond donors (Lipinski definition) is 2. The van der Waals surface area contributed by atoms with Crippen molar-refractivity contribution in [2.45, 2.75) is 44.2 Å². The molecule has 2 N–H and O–H groups in total. The van der Waals surface area contributed by atoms with Crippen LogP contribution in [-0.4, -0.2) is 63.6 Å². The van der Waals surface area contributed by atoms with E-state index in [9.17, 15) is 9.90 Å². The van der Waals surface area contributed by atoms with Gasteiger partial charge < -0.3 is 29.4 Å². The van der Waals surface area contributed by atoms with Gasteiger partial charge in [0.2, 0.25) is 5.95 Å². The maximum Gasteiger partial charge on any atom is 0.339 e. The van der Waals surface area contributed by atoms with E-state index in [0.717, 1.165) is 17.4 Å². The summed E-state index contributed by atoms with van der Waals surface area (Å²) < 4.78 is 23.4. The van der Waals surface area contributed by atoms with Crippen LogP contribution in [0.4, 0.5) is 5.95 Å². The van der Waals surface area contributed by atoms with Gasteiger partial charge in [0.25, 0.3) is 0 Å². The monoisotopic (exact) mass is 598 g/mol. The minimum Gasteiger partial charge on any atom is -0.497 e. The Morgan fingerprint density at radius 2 is 1.86 bits per heavy atom. The highest BCUT2D eigenvalue weighted by atomic mass is 16.5. The second kappa shape index (κ2) is 12.0. The molecule has 2 aromatic carbocycles. The first kappa shape index (κ1) is 29.1. The number of aromatic nitrogens is 5. The maximum absolute atomic E-state index is 12.1. The van der Waals surface area contributed by atoms with Gasteiger partial charge in [-0.05, 0) is 55.7 Å². The Bertz CT molecular complexity index is 1820. The zero-order chi connectivity index (χ0) is 30.8. The topological polar surface area (TPSA) is 142 Å². The molecule has 0 unspecified atom stereocenters. The van der Waals surface area contributed by atoms with Crippen molar-refractivity contribution in [2.75, 3.05) is 33.3 Å². The Morgan fingerprint density at radius 3 is 2.57 bits per heavy atom. The molecule has 1 aliphatic carbocycles. The van der Waals surface area contributed by atoms with Crippen LogP contribution in [0, 0.1) is 0 Å². The highest BCUT2D eigenvalue weighted by molar-refractivity contribution is 5.96. The molecule has 44 heavy (non-hydrogen) atoms. The summed E-state index contributed by atoms with van der Waals surface area (Å²) in [7, 11) is 4.83. The average Bonchev–Trinajstić information content (AvgIpc) is 3.50. The second-order valence-electron chi connectivity index (χ2n) is 10.7. The average molecular weight is 599 g/mol. The molecule has 1 saturated carbocycles. The SMILES string of the molecule is CCCOC(=O)c1ccc(C2(O)CC(c3nc4c5cccc(OC)c5nc(NCc5ccc(OC)cc5OC)n4n3)C2)nc1. The van der Waals surface area contributed by atoms with E-state index >= 15 is 0 Å². The van der Waals surface area contributed by atoms with Crippen molar-refractivity contribution in [3.05, 3.63) is 77.4 Å². The zero-order valence-corrected chi connectivity index (χ0v) is 25.0. The minimum atomic E-state index is -1.15. The highest BCUT2D eigenvalue weighted by Gasteiger charge is 2.47. The molecular formula is C32H34N6O6. The quantitative estimate of drug-likeness (QED) is 0.205. The third-order valence-corrected chi connectivity index (χ3v) is 7.88. The summed E-state index contributed by atoms with van der Waals surface area (Å²) >= 11 is 0. The number of fused-ring (bicyclic) bond motifs is 3. The highest BCUT2D eigenvalue weighted by Crippen LogP contribution is 2.49. The predicted molar refractivity (Wildman–Crippen MR) is 162 cm³/mol. The van der Waals surface area contributed by atoms with Gasteiger partial charge in [-0.25, -0.2) is 14.8 Å². The summed E-state index contributed by atoms with van der Waals surface area (Å²) in [6.07, 6.45) is 2.96. The fourth-order valence-corrected chi connectivity index (χ4v) is 5.46. The lowest BCUT2D eigenvalue weighted by atomic mass is 9.68. The molecular weight excluding hydrogens is 564 g/mol. The van der Waals surface area contributed by atoms with E-state index in [-0.39, 0.29) is 5.92 Å². The molecule has 0 saturated heterocycles. The van der Waals surface area contributed by atoms with Crippen LogP contribution in [0.15, 0.2) is 54.7 Å². The fraction of sp³-hybridized carbons (Fsp3) is 0.344. The molecule has 12 heteroatoms. The number of nitrogens with zero attached hydrogens (tertiary/aromatic N) is 5. The lowest BCUT2D eigenvalue weighted by molar-refractivity contribution is -0.0605. The van der Waals surface area contributed by atoms with Gasteiger partial charge in [-0.3, -0.25) is 4.98 Å². The molecule has 0 aliphatic heterocycles. The molecule has 1 aliphatic rings. The number of ether oxygens (including phenoxy) is 4. The number of pyridine rings is 1. The van der Waals surface area contributed by atoms with Gasteiger partial charge in [-0.1, -0.05) is 13.0 Å². The number of anilines is 1. The Balaban J connectivity index is 1.28. The first-order chi connectivity index (χ1) is 21.4. The Kier molecular flexibility index (Phi) is 7.92. The van der Waals surface area contributed by atoms with E-state index in [1.54, 1.807) is 38.0 Å². The van der Waals surface area contributed by atoms with Crippen LogP contribution in [-0.2, 0) is 16.9 Å². The zero-order valence-electron chi connectivity index (χ0n) is 25.0. The molecule has 6 rings (SSSR count). The van der Waals surface area contributed by atoms with Gasteiger partial charge in [0.15, 0.2) is 11.5 Å². The number of nitrogens with one attached hydrogen (secondary N) is 1. The van der Waals surface area contributed by atoms with E-state index in [4.69, 9.17) is 34.0 Å². The maximum atomic E-state index is 12.1. The van der Waals surface area contributed by atoms with Crippen molar-refractivity contribution < 1.29 is 28.8 Å². The minimum absolute atomic E-state index is 0.105. The molecule has 0 bridgehead atoms. The summed E-state index contributed by atoms with van der Waals surface area (Å²) in [4.78, 5) is 26.3. The molecule has 1 fully saturated rings. The summed E-state index contributed by atoms with van der Waals surface area (Å²) in [5.74, 6) is 2.54. The third-order valence-electron chi connectivity index (χ3n) is 7.88. The normalized spacial score (nSPS) is 17.7. The van der Waals surface area contributed by atoms with Gasteiger partial charge in [-0.15, -0.1) is 5.10 Å². The number of hydrogen-bond acceptors (Lipinski definition) is 11. The van der Waals surface area contributed by atoms with Gasteiger partial charge in [0.05, 0.1) is 39.2 Å². The van der Waals surface area contributed by atoms with Crippen LogP contribution in [0.3, 0.4) is 0 Å². The van der Waals surface area contributed by atoms with Crippen molar-refractivity contribution in [1.82, 2.24) is 24.6 Å². The summed E-state index contributed by atoms with van der Waals surface area (Å²) in [5, 5.41) is 20.4. The molecule has 0 radical (unpaired) electrons. The van der Waals surface area contributed by atoms with Crippen LogP contribution in [0.1, 0.15) is 59.5 Å². The van der Waals surface area contributed by atoms with Crippen LogP contribution in [0.25, 0.3) is 16.6 Å². The number of methoxy groups -OCH3 is 3. The van der Waals surface area contributed by atoms with E-state index in [0.29, 0.717) is 77.4 Å². The Labute approximate surface area is 254 Å². The van der Waals surface area contributed by atoms with Crippen molar-refractivity contribution in [3.8, 4) is 17.2 Å². The third kappa shape index (κ3) is 5.32. The van der Waals surface area contributed by atoms with Crippen molar-refractivity contribution in [2.24, 2.45) is 0 Å². The number of para-hydroxylation sites is 1. The number of carbonyl (C=O) groups excluding carboxylic acids is 1. The van der Waals surface area contributed by atoms with Gasteiger partial charge in [-0.2, -0.15) is 4.52 Å². The molecule has 228 valence electrons. The predicted octanol–water partition coefficient (Wildman–Crippen LogP) is 4.64. The van der Waals surface area contributed by atoms with Crippen LogP contribution < -0.4 is 19.5 Å². The van der Waals surface area contributed by atoms with Crippen molar-refractivity contribution in [1.29, 1.82) is 0 Å². The molecule has 3 aromatic heterocycles. The van der Waals surface area contributed by atoms with Gasteiger partial charge >= 0.3 is 5.97 Å². The molecule has 12 nitrogen and oxygen atoms in total. The molecule has 0 spiro atoms. The van der Waals surface area contributed by atoms with E-state index < -0.39 is 11.6 Å². The lowest BCUT2D eigenvalue weighted by Gasteiger charge is -2.41. The first-order valence-electron chi connectivity index (χ1n) is 14.4. The summed E-state index contributed by atoms with van der Waals surface area (Å²) in [5.41, 5.74) is 1.88. The second-order valence-corrected chi connectivity index (χ2v) is 10.7. The standard InChI is InChI=1S/C32H34N6O6/c1-5-13-44-30(39)20-10-12-26(33-18-20)32(40)15-21(16-32)28-36-29-23-7-6-8-24(42-3)27(23)35-31(38(29)37-28)34-17-19-9-11-22(41-2)14-25(19)43-4/h6-12,14,18,21,40H,5,13,15-17H2,1-4H3,(H,34,35). The number of benzene rings is 2. The van der Waals surface area contributed by atoms with E-state index in [1.807, 2.05) is 43.3 Å². The number of aliphatic hydroxyl groups is 1. The van der Waals surface area contributed by atoms with Crippen molar-refractivity contribution >= 4 is 28.5 Å². The Hall–Kier alpha value is -4.97. The molecule has 0 atom stereocenters. The van der Waals surface area contributed by atoms with Crippen LogP contribution in [0.5, 0.6) is 17.2 Å². The summed E-state index contributed by atoms with van der Waals surface area (Å²) in [6.45, 7) is 2.69. The molecule has 0 amide bonds. The van der Waals surface area contributed by atoms with Crippen LogP contribution >= 0.6 is 0 Å². The largest absolute Gasteiger partial charge is 0.497 e. The fourth-order valence-electron chi connectivity index (χ4n) is 5.46. The first-order valence-corrected chi connectivity index (χ1v) is 14.4. The number of carbonyl (C=O) groups is 1. The lowest BCUT2D eigenvalue weighted by Crippen LogP contribution is -2.41. The number of rotatable bonds is 11. The van der Waals surface area contributed by atoms with Gasteiger partial charge in [0, 0.05) is 35.7 Å². The van der Waals surface area contributed by atoms with E-state index in [2.05, 4.69) is 10.3 Å². The number of esters is 1. The van der Waals surface area contributed by atoms with E-state index in [1.165, 1.54) is 6.20 Å². The molecule has 3 heterocycles. The van der Waals surface area contributed by atoms with Crippen LogP contribution in [0.2, 0.25) is 0 Å². The smallest absolute Gasteiger partial charge is 0.339 e. The Morgan fingerprint density at radius 1 is 1.05 bits per heavy atom. The van der Waals surface area contributed by atoms with Crippen molar-refractivity contribution in [3.63, 3.8) is 0 Å². The van der Waals surface area contributed by atoms with Gasteiger partial charge in [0.1, 0.15) is 28.4 Å². The summed E-state index contributed by atoms with van der Waals surface area (Å²) in [6, 6.07) is 14.6.